The fourth-order valence-corrected chi connectivity index (χ4v) is 4.69. The molecule has 1 amide bonds. The molecule has 0 spiro atoms. The Labute approximate surface area is 110 Å². The zero-order chi connectivity index (χ0) is 12.5. The van der Waals surface area contributed by atoms with Crippen molar-refractivity contribution in [3.8, 4) is 0 Å². The highest BCUT2D eigenvalue weighted by molar-refractivity contribution is 5.77. The van der Waals surface area contributed by atoms with E-state index in [1.165, 1.54) is 44.9 Å². The number of amides is 1. The summed E-state index contributed by atoms with van der Waals surface area (Å²) in [5.74, 6) is 3.22. The standard InChI is InChI=1S/C15H26N2O/c16-6-5-15(18)17-7-1-2-14(17)10-13-9-11-3-4-12(13)8-11/h11-14H,1-10,16H2/t11-,12-,13-,14-/m0/s1. The molecule has 1 saturated heterocycles. The van der Waals surface area contributed by atoms with Crippen LogP contribution >= 0.6 is 0 Å². The zero-order valence-electron chi connectivity index (χ0n) is 11.3. The van der Waals surface area contributed by atoms with Gasteiger partial charge in [0.1, 0.15) is 0 Å². The van der Waals surface area contributed by atoms with Crippen molar-refractivity contribution >= 4 is 5.91 Å². The molecule has 1 aliphatic heterocycles. The van der Waals surface area contributed by atoms with Gasteiger partial charge in [0.15, 0.2) is 0 Å². The maximum absolute atomic E-state index is 12.0. The summed E-state index contributed by atoms with van der Waals surface area (Å²) >= 11 is 0. The van der Waals surface area contributed by atoms with Crippen molar-refractivity contribution in [2.45, 2.75) is 57.4 Å². The molecule has 4 atom stereocenters. The topological polar surface area (TPSA) is 46.3 Å². The Morgan fingerprint density at radius 3 is 2.78 bits per heavy atom. The van der Waals surface area contributed by atoms with Crippen molar-refractivity contribution in [2.75, 3.05) is 13.1 Å². The van der Waals surface area contributed by atoms with Crippen LogP contribution in [0.5, 0.6) is 0 Å². The number of nitrogens with two attached hydrogens (primary N) is 1. The third-order valence-corrected chi connectivity index (χ3v) is 5.52. The second-order valence-electron chi connectivity index (χ2n) is 6.59. The van der Waals surface area contributed by atoms with Crippen LogP contribution in [-0.4, -0.2) is 29.9 Å². The van der Waals surface area contributed by atoms with Gasteiger partial charge in [0.05, 0.1) is 0 Å². The first-order valence-electron chi connectivity index (χ1n) is 7.77. The van der Waals surface area contributed by atoms with Gasteiger partial charge in [-0.2, -0.15) is 0 Å². The summed E-state index contributed by atoms with van der Waals surface area (Å²) in [7, 11) is 0. The second-order valence-corrected chi connectivity index (χ2v) is 6.59. The largest absolute Gasteiger partial charge is 0.340 e. The molecule has 2 N–H and O–H groups in total. The van der Waals surface area contributed by atoms with E-state index in [4.69, 9.17) is 5.73 Å². The lowest BCUT2D eigenvalue weighted by Gasteiger charge is -2.30. The predicted molar refractivity (Wildman–Crippen MR) is 72.0 cm³/mol. The molecule has 0 aromatic heterocycles. The SMILES string of the molecule is NCCC(=O)N1CCC[C@H]1C[C@@H]1C[C@H]2CC[C@H]1C2. The van der Waals surface area contributed by atoms with Crippen LogP contribution < -0.4 is 5.73 Å². The maximum atomic E-state index is 12.0. The van der Waals surface area contributed by atoms with E-state index in [2.05, 4.69) is 4.90 Å². The van der Waals surface area contributed by atoms with Gasteiger partial charge >= 0.3 is 0 Å². The van der Waals surface area contributed by atoms with Crippen molar-refractivity contribution in [1.82, 2.24) is 4.90 Å². The molecule has 3 aliphatic rings. The summed E-state index contributed by atoms with van der Waals surface area (Å²) in [5.41, 5.74) is 5.51. The molecule has 3 fully saturated rings. The van der Waals surface area contributed by atoms with E-state index in [1.54, 1.807) is 0 Å². The molecule has 3 nitrogen and oxygen atoms in total. The molecule has 18 heavy (non-hydrogen) atoms. The maximum Gasteiger partial charge on any atom is 0.224 e. The second kappa shape index (κ2) is 5.20. The predicted octanol–water partition coefficient (Wildman–Crippen LogP) is 2.15. The molecule has 2 aliphatic carbocycles. The highest BCUT2D eigenvalue weighted by Crippen LogP contribution is 2.50. The Morgan fingerprint density at radius 1 is 1.22 bits per heavy atom. The molecule has 0 aromatic carbocycles. The lowest BCUT2D eigenvalue weighted by molar-refractivity contribution is -0.132. The van der Waals surface area contributed by atoms with Crippen LogP contribution in [0.15, 0.2) is 0 Å². The number of carbonyl (C=O) groups excluding carboxylic acids is 1. The van der Waals surface area contributed by atoms with Crippen molar-refractivity contribution < 1.29 is 4.79 Å². The Morgan fingerprint density at radius 2 is 2.11 bits per heavy atom. The minimum absolute atomic E-state index is 0.295. The van der Waals surface area contributed by atoms with Crippen molar-refractivity contribution in [3.05, 3.63) is 0 Å². The fraction of sp³-hybridized carbons (Fsp3) is 0.933. The van der Waals surface area contributed by atoms with Crippen LogP contribution in [0.1, 0.15) is 51.4 Å². The van der Waals surface area contributed by atoms with Gasteiger partial charge in [-0.1, -0.05) is 6.42 Å². The summed E-state index contributed by atoms with van der Waals surface area (Å²) in [6.07, 6.45) is 10.1. The van der Waals surface area contributed by atoms with Crippen molar-refractivity contribution in [2.24, 2.45) is 23.5 Å². The smallest absolute Gasteiger partial charge is 0.224 e. The average Bonchev–Trinajstić information content (AvgIpc) is 3.04. The van der Waals surface area contributed by atoms with Gasteiger partial charge in [0, 0.05) is 25.6 Å². The van der Waals surface area contributed by atoms with Crippen LogP contribution in [0.25, 0.3) is 0 Å². The third-order valence-electron chi connectivity index (χ3n) is 5.52. The molecule has 102 valence electrons. The van der Waals surface area contributed by atoms with Crippen LogP contribution in [0, 0.1) is 17.8 Å². The zero-order valence-corrected chi connectivity index (χ0v) is 11.3. The first kappa shape index (κ1) is 12.5. The van der Waals surface area contributed by atoms with Crippen LogP contribution in [0.3, 0.4) is 0 Å². The minimum atomic E-state index is 0.295. The van der Waals surface area contributed by atoms with Crippen LogP contribution in [0.2, 0.25) is 0 Å². The molecule has 2 saturated carbocycles. The van der Waals surface area contributed by atoms with E-state index in [-0.39, 0.29) is 0 Å². The van der Waals surface area contributed by atoms with E-state index in [9.17, 15) is 4.79 Å². The van der Waals surface area contributed by atoms with Crippen molar-refractivity contribution in [3.63, 3.8) is 0 Å². The average molecular weight is 250 g/mol. The quantitative estimate of drug-likeness (QED) is 0.831. The van der Waals surface area contributed by atoms with E-state index >= 15 is 0 Å². The van der Waals surface area contributed by atoms with Gasteiger partial charge < -0.3 is 10.6 Å². The van der Waals surface area contributed by atoms with Crippen LogP contribution in [-0.2, 0) is 4.79 Å². The Bertz CT molecular complexity index is 318. The number of hydrogen-bond donors (Lipinski definition) is 1. The number of rotatable bonds is 4. The van der Waals surface area contributed by atoms with E-state index in [0.717, 1.165) is 24.3 Å². The number of fused-ring (bicyclic) bond motifs is 2. The van der Waals surface area contributed by atoms with Gasteiger partial charge in [-0.25, -0.2) is 0 Å². The number of carbonyl (C=O) groups is 1. The molecule has 0 radical (unpaired) electrons. The molecule has 0 aromatic rings. The molecule has 3 rings (SSSR count). The van der Waals surface area contributed by atoms with Crippen molar-refractivity contribution in [1.29, 1.82) is 0 Å². The monoisotopic (exact) mass is 250 g/mol. The summed E-state index contributed by atoms with van der Waals surface area (Å²) in [6.45, 7) is 1.47. The minimum Gasteiger partial charge on any atom is -0.340 e. The van der Waals surface area contributed by atoms with E-state index in [1.807, 2.05) is 0 Å². The Kier molecular flexibility index (Phi) is 3.60. The number of likely N-dealkylation sites (tertiary alicyclic amines) is 1. The summed E-state index contributed by atoms with van der Waals surface area (Å²) < 4.78 is 0. The van der Waals surface area contributed by atoms with Crippen LogP contribution in [0.4, 0.5) is 0 Å². The first-order chi connectivity index (χ1) is 8.78. The fourth-order valence-electron chi connectivity index (χ4n) is 4.69. The first-order valence-corrected chi connectivity index (χ1v) is 7.77. The van der Waals surface area contributed by atoms with Gasteiger partial charge in [-0.05, 0) is 56.3 Å². The van der Waals surface area contributed by atoms with Gasteiger partial charge in [0.2, 0.25) is 5.91 Å². The normalized spacial score (nSPS) is 38.6. The lowest BCUT2D eigenvalue weighted by atomic mass is 9.83. The van der Waals surface area contributed by atoms with Gasteiger partial charge in [0.25, 0.3) is 0 Å². The summed E-state index contributed by atoms with van der Waals surface area (Å²) in [5, 5.41) is 0. The highest BCUT2D eigenvalue weighted by atomic mass is 16.2. The lowest BCUT2D eigenvalue weighted by Crippen LogP contribution is -2.38. The molecule has 1 heterocycles. The summed E-state index contributed by atoms with van der Waals surface area (Å²) in [6, 6.07) is 0.536. The Balaban J connectivity index is 1.56. The third kappa shape index (κ3) is 2.29. The molecule has 0 unspecified atom stereocenters. The van der Waals surface area contributed by atoms with Gasteiger partial charge in [-0.3, -0.25) is 4.79 Å². The molecule has 3 heteroatoms. The van der Waals surface area contributed by atoms with E-state index < -0.39 is 0 Å². The highest BCUT2D eigenvalue weighted by Gasteiger charge is 2.41. The number of hydrogen-bond acceptors (Lipinski definition) is 2. The summed E-state index contributed by atoms with van der Waals surface area (Å²) in [4.78, 5) is 14.2. The van der Waals surface area contributed by atoms with Gasteiger partial charge in [-0.15, -0.1) is 0 Å². The molecular formula is C15H26N2O. The Hall–Kier alpha value is -0.570. The number of nitrogens with zero attached hydrogens (tertiary/aromatic N) is 1. The molecular weight excluding hydrogens is 224 g/mol. The molecule has 2 bridgehead atoms. The van der Waals surface area contributed by atoms with E-state index in [0.29, 0.717) is 24.9 Å².